The molecule has 8 nitrogen and oxygen atoms in total. The first kappa shape index (κ1) is 20.6. The number of aromatic nitrogens is 4. The van der Waals surface area contributed by atoms with Crippen LogP contribution >= 0.6 is 0 Å². The third kappa shape index (κ3) is 4.08. The van der Waals surface area contributed by atoms with E-state index in [1.54, 1.807) is 12.3 Å². The van der Waals surface area contributed by atoms with Gasteiger partial charge in [0, 0.05) is 54.8 Å². The molecule has 0 amide bonds. The number of aromatic amines is 1. The smallest absolute Gasteiger partial charge is 0.279 e. The number of fused-ring (bicyclic) bond motifs is 3. The normalized spacial score (nSPS) is 22.9. The maximum atomic E-state index is 12.9. The molecule has 2 aliphatic rings. The molecule has 0 saturated carbocycles. The Bertz CT molecular complexity index is 1130. The van der Waals surface area contributed by atoms with Crippen molar-refractivity contribution in [2.45, 2.75) is 56.7 Å². The van der Waals surface area contributed by atoms with Crippen LogP contribution < -0.4 is 10.6 Å². The fraction of sp³-hybridized carbons (Fsp3) is 0.455. The van der Waals surface area contributed by atoms with Crippen molar-refractivity contribution in [3.05, 3.63) is 36.2 Å². The van der Waals surface area contributed by atoms with Crippen molar-refractivity contribution in [2.24, 2.45) is 0 Å². The topological polar surface area (TPSA) is 106 Å². The number of anilines is 3. The third-order valence-electron chi connectivity index (χ3n) is 6.40. The molecule has 0 aliphatic carbocycles. The SMILES string of the molecule is N#CCCN1[C@@H]2CC[C@H]1C[C@H](Nc1nc(Nc3cc(C(F)F)[nH]n3)cc3ncccc13)C2. The van der Waals surface area contributed by atoms with E-state index in [-0.39, 0.29) is 17.6 Å². The van der Waals surface area contributed by atoms with Crippen molar-refractivity contribution in [2.75, 3.05) is 17.2 Å². The first-order chi connectivity index (χ1) is 15.6. The van der Waals surface area contributed by atoms with E-state index in [2.05, 4.69) is 36.8 Å². The third-order valence-corrected chi connectivity index (χ3v) is 6.40. The number of nitrogens with zero attached hydrogens (tertiary/aromatic N) is 5. The average Bonchev–Trinajstić information content (AvgIpc) is 3.34. The van der Waals surface area contributed by atoms with E-state index in [1.165, 1.54) is 6.07 Å². The van der Waals surface area contributed by atoms with Gasteiger partial charge in [0.2, 0.25) is 0 Å². The summed E-state index contributed by atoms with van der Waals surface area (Å²) in [6.07, 6.45) is 4.00. The van der Waals surface area contributed by atoms with Crippen molar-refractivity contribution >= 4 is 28.4 Å². The monoisotopic (exact) mass is 438 g/mol. The van der Waals surface area contributed by atoms with Crippen molar-refractivity contribution < 1.29 is 8.78 Å². The molecule has 0 aromatic carbocycles. The number of hydrogen-bond donors (Lipinski definition) is 3. The molecular formula is C22H24F2N8. The van der Waals surface area contributed by atoms with E-state index in [0.717, 1.165) is 48.9 Å². The summed E-state index contributed by atoms with van der Waals surface area (Å²) in [7, 11) is 0. The summed E-state index contributed by atoms with van der Waals surface area (Å²) in [6.45, 7) is 0.841. The van der Waals surface area contributed by atoms with Crippen LogP contribution in [0.2, 0.25) is 0 Å². The van der Waals surface area contributed by atoms with Gasteiger partial charge in [-0.05, 0) is 37.8 Å². The van der Waals surface area contributed by atoms with Gasteiger partial charge in [0.1, 0.15) is 17.3 Å². The Kier molecular flexibility index (Phi) is 5.57. The number of H-pyrrole nitrogens is 1. The number of pyridine rings is 2. The quantitative estimate of drug-likeness (QED) is 0.503. The second-order valence-electron chi connectivity index (χ2n) is 8.40. The molecule has 2 bridgehead atoms. The minimum Gasteiger partial charge on any atom is -0.367 e. The molecular weight excluding hydrogens is 414 g/mol. The number of rotatable bonds is 7. The van der Waals surface area contributed by atoms with Crippen LogP contribution in [-0.2, 0) is 0 Å². The van der Waals surface area contributed by atoms with Gasteiger partial charge in [0.05, 0.1) is 11.6 Å². The minimum atomic E-state index is -2.61. The molecule has 2 aliphatic heterocycles. The Morgan fingerprint density at radius 1 is 1.22 bits per heavy atom. The van der Waals surface area contributed by atoms with Gasteiger partial charge in [0.25, 0.3) is 6.43 Å². The van der Waals surface area contributed by atoms with E-state index in [4.69, 9.17) is 10.2 Å². The van der Waals surface area contributed by atoms with Gasteiger partial charge in [-0.3, -0.25) is 15.0 Å². The molecule has 0 unspecified atom stereocenters. The highest BCUT2D eigenvalue weighted by molar-refractivity contribution is 5.91. The maximum Gasteiger partial charge on any atom is 0.279 e. The summed E-state index contributed by atoms with van der Waals surface area (Å²) in [6, 6.07) is 10.4. The number of nitriles is 1. The predicted octanol–water partition coefficient (Wildman–Crippen LogP) is 4.36. The summed E-state index contributed by atoms with van der Waals surface area (Å²) < 4.78 is 25.7. The Balaban J connectivity index is 1.37. The molecule has 3 N–H and O–H groups in total. The highest BCUT2D eigenvalue weighted by atomic mass is 19.3. The lowest BCUT2D eigenvalue weighted by Gasteiger charge is -2.39. The van der Waals surface area contributed by atoms with Gasteiger partial charge in [0.15, 0.2) is 5.82 Å². The Morgan fingerprint density at radius 3 is 2.75 bits per heavy atom. The molecule has 3 atom stereocenters. The van der Waals surface area contributed by atoms with Gasteiger partial charge in [-0.1, -0.05) is 0 Å². The predicted molar refractivity (Wildman–Crippen MR) is 117 cm³/mol. The summed E-state index contributed by atoms with van der Waals surface area (Å²) in [5.74, 6) is 1.48. The van der Waals surface area contributed by atoms with E-state index in [0.29, 0.717) is 24.3 Å². The Labute approximate surface area is 184 Å². The second kappa shape index (κ2) is 8.67. The van der Waals surface area contributed by atoms with Crippen LogP contribution in [0.3, 0.4) is 0 Å². The molecule has 5 heterocycles. The van der Waals surface area contributed by atoms with Crippen LogP contribution in [-0.4, -0.2) is 49.7 Å². The van der Waals surface area contributed by atoms with Gasteiger partial charge in [-0.25, -0.2) is 13.8 Å². The van der Waals surface area contributed by atoms with Crippen molar-refractivity contribution in [3.8, 4) is 6.07 Å². The molecule has 0 spiro atoms. The summed E-state index contributed by atoms with van der Waals surface area (Å²) >= 11 is 0. The lowest BCUT2D eigenvalue weighted by molar-refractivity contribution is 0.136. The summed E-state index contributed by atoms with van der Waals surface area (Å²) in [5, 5.41) is 22.7. The largest absolute Gasteiger partial charge is 0.367 e. The van der Waals surface area contributed by atoms with Crippen LogP contribution in [0, 0.1) is 11.3 Å². The van der Waals surface area contributed by atoms with E-state index in [1.807, 2.05) is 12.1 Å². The van der Waals surface area contributed by atoms with Gasteiger partial charge in [-0.15, -0.1) is 0 Å². The molecule has 32 heavy (non-hydrogen) atoms. The van der Waals surface area contributed by atoms with Gasteiger partial charge < -0.3 is 10.6 Å². The number of nitrogens with one attached hydrogen (secondary N) is 3. The number of hydrogen-bond acceptors (Lipinski definition) is 7. The molecule has 0 radical (unpaired) electrons. The number of alkyl halides is 2. The minimum absolute atomic E-state index is 0.247. The van der Waals surface area contributed by atoms with Gasteiger partial charge in [-0.2, -0.15) is 10.4 Å². The first-order valence-corrected chi connectivity index (χ1v) is 10.9. The van der Waals surface area contributed by atoms with E-state index < -0.39 is 6.43 Å². The molecule has 5 rings (SSSR count). The Hall–Kier alpha value is -3.32. The van der Waals surface area contributed by atoms with Crippen molar-refractivity contribution in [1.29, 1.82) is 5.26 Å². The van der Waals surface area contributed by atoms with Crippen LogP contribution in [0.1, 0.15) is 44.2 Å². The van der Waals surface area contributed by atoms with Crippen LogP contribution in [0.15, 0.2) is 30.5 Å². The molecule has 2 saturated heterocycles. The first-order valence-electron chi connectivity index (χ1n) is 10.9. The maximum absolute atomic E-state index is 12.9. The molecule has 3 aromatic rings. The van der Waals surface area contributed by atoms with Crippen LogP contribution in [0.5, 0.6) is 0 Å². The second-order valence-corrected chi connectivity index (χ2v) is 8.40. The van der Waals surface area contributed by atoms with Crippen molar-refractivity contribution in [1.82, 2.24) is 25.1 Å². The van der Waals surface area contributed by atoms with Crippen LogP contribution in [0.25, 0.3) is 10.9 Å². The fourth-order valence-corrected chi connectivity index (χ4v) is 5.02. The van der Waals surface area contributed by atoms with Gasteiger partial charge >= 0.3 is 0 Å². The zero-order valence-electron chi connectivity index (χ0n) is 17.4. The summed E-state index contributed by atoms with van der Waals surface area (Å²) in [5.41, 5.74) is 0.509. The molecule has 166 valence electrons. The van der Waals surface area contributed by atoms with E-state index >= 15 is 0 Å². The lowest BCUT2D eigenvalue weighted by Crippen LogP contribution is -2.47. The standard InChI is InChI=1S/C22H24F2N8/c23-21(24)18-12-20(31-30-18)28-19-11-17-16(3-1-7-26-17)22(29-19)27-13-9-14-4-5-15(10-13)32(14)8-2-6-25/h1,3,7,11-15,21H,2,4-5,8-10H2,(H3,27,28,29,30,31)/t13-,14-,15+. The zero-order valence-corrected chi connectivity index (χ0v) is 17.4. The highest BCUT2D eigenvalue weighted by Crippen LogP contribution is 2.37. The Morgan fingerprint density at radius 2 is 2.03 bits per heavy atom. The lowest BCUT2D eigenvalue weighted by atomic mass is 9.97. The summed E-state index contributed by atoms with van der Waals surface area (Å²) in [4.78, 5) is 11.7. The van der Waals surface area contributed by atoms with E-state index in [9.17, 15) is 8.78 Å². The number of piperidine rings is 1. The molecule has 10 heteroatoms. The number of halogens is 2. The zero-order chi connectivity index (χ0) is 22.1. The highest BCUT2D eigenvalue weighted by Gasteiger charge is 2.40. The molecule has 3 aromatic heterocycles. The fourth-order valence-electron chi connectivity index (χ4n) is 5.02. The van der Waals surface area contributed by atoms with Crippen molar-refractivity contribution in [3.63, 3.8) is 0 Å². The van der Waals surface area contributed by atoms with Crippen LogP contribution in [0.4, 0.5) is 26.2 Å². The molecule has 2 fully saturated rings. The average molecular weight is 438 g/mol.